The zero-order valence-electron chi connectivity index (χ0n) is 8.49. The molecule has 0 amide bonds. The highest BCUT2D eigenvalue weighted by Crippen LogP contribution is 2.31. The molecule has 1 aromatic rings. The molecule has 2 rings (SSSR count). The van der Waals surface area contributed by atoms with E-state index in [4.69, 9.17) is 0 Å². The van der Waals surface area contributed by atoms with Crippen molar-refractivity contribution in [2.45, 2.75) is 18.6 Å². The van der Waals surface area contributed by atoms with Crippen molar-refractivity contribution in [3.8, 4) is 0 Å². The quantitative estimate of drug-likeness (QED) is 0.802. The summed E-state index contributed by atoms with van der Waals surface area (Å²) in [5.74, 6) is -0.350. The second kappa shape index (κ2) is 4.41. The Morgan fingerprint density at radius 3 is 2.75 bits per heavy atom. The summed E-state index contributed by atoms with van der Waals surface area (Å²) in [7, 11) is -3.17. The number of pyridine rings is 1. The number of halogens is 2. The third-order valence-electron chi connectivity index (χ3n) is 2.43. The maximum atomic E-state index is 12.9. The third-order valence-corrected chi connectivity index (χ3v) is 4.84. The molecule has 3 nitrogen and oxygen atoms in total. The molecule has 88 valence electrons. The van der Waals surface area contributed by atoms with Gasteiger partial charge < -0.3 is 0 Å². The Morgan fingerprint density at radius 1 is 1.44 bits per heavy atom. The average molecular weight is 308 g/mol. The van der Waals surface area contributed by atoms with Crippen LogP contribution in [0.2, 0.25) is 0 Å². The fourth-order valence-electron chi connectivity index (χ4n) is 1.47. The van der Waals surface area contributed by atoms with Gasteiger partial charge in [-0.2, -0.15) is 4.39 Å². The molecule has 0 aromatic carbocycles. The highest BCUT2D eigenvalue weighted by Gasteiger charge is 2.28. The van der Waals surface area contributed by atoms with Gasteiger partial charge in [-0.15, -0.1) is 0 Å². The molecule has 1 aromatic heterocycles. The van der Waals surface area contributed by atoms with E-state index in [9.17, 15) is 12.8 Å². The van der Waals surface area contributed by atoms with Gasteiger partial charge in [0.1, 0.15) is 0 Å². The normalized spacial score (nSPS) is 16.4. The molecule has 0 aliphatic heterocycles. The van der Waals surface area contributed by atoms with Crippen LogP contribution in [0, 0.1) is 11.9 Å². The molecule has 1 heterocycles. The van der Waals surface area contributed by atoms with Gasteiger partial charge in [0.25, 0.3) is 0 Å². The van der Waals surface area contributed by atoms with Crippen molar-refractivity contribution in [3.63, 3.8) is 0 Å². The molecule has 0 radical (unpaired) electrons. The van der Waals surface area contributed by atoms with Crippen molar-refractivity contribution in [2.24, 2.45) is 5.92 Å². The van der Waals surface area contributed by atoms with E-state index in [1.54, 1.807) is 0 Å². The summed E-state index contributed by atoms with van der Waals surface area (Å²) in [6, 6.07) is 2.67. The predicted molar refractivity (Wildman–Crippen MR) is 62.1 cm³/mol. The lowest BCUT2D eigenvalue weighted by Crippen LogP contribution is -2.12. The van der Waals surface area contributed by atoms with Crippen molar-refractivity contribution in [2.75, 3.05) is 5.75 Å². The van der Waals surface area contributed by atoms with Crippen LogP contribution >= 0.6 is 15.9 Å². The summed E-state index contributed by atoms with van der Waals surface area (Å²) in [6.07, 6.45) is 1.97. The minimum Gasteiger partial charge on any atom is -0.228 e. The summed E-state index contributed by atoms with van der Waals surface area (Å²) in [4.78, 5) is 3.59. The number of hydrogen-bond donors (Lipinski definition) is 0. The molecule has 0 unspecified atom stereocenters. The first-order valence-electron chi connectivity index (χ1n) is 4.97. The SMILES string of the molecule is O=S(=O)(Cc1nc(F)ccc1Br)CC1CC1. The Balaban J connectivity index is 2.15. The second-order valence-corrected chi connectivity index (χ2v) is 7.02. The van der Waals surface area contributed by atoms with E-state index in [1.165, 1.54) is 12.1 Å². The summed E-state index contributed by atoms with van der Waals surface area (Å²) in [5.41, 5.74) is 0.251. The van der Waals surface area contributed by atoms with E-state index < -0.39 is 15.8 Å². The lowest BCUT2D eigenvalue weighted by molar-refractivity contribution is 0.573. The van der Waals surface area contributed by atoms with E-state index in [-0.39, 0.29) is 17.2 Å². The lowest BCUT2D eigenvalue weighted by atomic mass is 10.4. The van der Waals surface area contributed by atoms with E-state index in [0.717, 1.165) is 12.8 Å². The topological polar surface area (TPSA) is 47.0 Å². The predicted octanol–water partition coefficient (Wildman–Crippen LogP) is 2.31. The van der Waals surface area contributed by atoms with Gasteiger partial charge >= 0.3 is 0 Å². The number of sulfone groups is 1. The Morgan fingerprint density at radius 2 is 2.12 bits per heavy atom. The van der Waals surface area contributed by atoms with Crippen LogP contribution in [0.25, 0.3) is 0 Å². The molecule has 1 aliphatic carbocycles. The highest BCUT2D eigenvalue weighted by atomic mass is 79.9. The summed E-state index contributed by atoms with van der Waals surface area (Å²) in [6.45, 7) is 0. The molecule has 0 spiro atoms. The molecule has 1 saturated carbocycles. The van der Waals surface area contributed by atoms with Gasteiger partial charge in [0.2, 0.25) is 5.95 Å². The van der Waals surface area contributed by atoms with Gasteiger partial charge in [-0.05, 0) is 46.8 Å². The van der Waals surface area contributed by atoms with Crippen LogP contribution in [0.15, 0.2) is 16.6 Å². The van der Waals surface area contributed by atoms with E-state index in [1.807, 2.05) is 0 Å². The number of aromatic nitrogens is 1. The number of nitrogens with zero attached hydrogens (tertiary/aromatic N) is 1. The maximum absolute atomic E-state index is 12.9. The first-order valence-corrected chi connectivity index (χ1v) is 7.59. The lowest BCUT2D eigenvalue weighted by Gasteiger charge is -2.04. The Hall–Kier alpha value is -0.490. The molecule has 1 aliphatic rings. The molecule has 0 bridgehead atoms. The van der Waals surface area contributed by atoms with Crippen molar-refractivity contribution in [1.29, 1.82) is 0 Å². The maximum Gasteiger partial charge on any atom is 0.213 e. The van der Waals surface area contributed by atoms with Crippen LogP contribution in [0.4, 0.5) is 4.39 Å². The van der Waals surface area contributed by atoms with E-state index in [0.29, 0.717) is 10.4 Å². The van der Waals surface area contributed by atoms with Gasteiger partial charge in [0.15, 0.2) is 9.84 Å². The van der Waals surface area contributed by atoms with Gasteiger partial charge in [-0.1, -0.05) is 0 Å². The average Bonchev–Trinajstić information content (AvgIpc) is 2.94. The molecule has 16 heavy (non-hydrogen) atoms. The zero-order valence-corrected chi connectivity index (χ0v) is 10.9. The van der Waals surface area contributed by atoms with E-state index in [2.05, 4.69) is 20.9 Å². The van der Waals surface area contributed by atoms with Crippen LogP contribution in [0.3, 0.4) is 0 Å². The van der Waals surface area contributed by atoms with Crippen LogP contribution in [-0.2, 0) is 15.6 Å². The summed E-state index contributed by atoms with van der Waals surface area (Å²) >= 11 is 3.17. The van der Waals surface area contributed by atoms with Gasteiger partial charge in [-0.3, -0.25) is 0 Å². The molecular weight excluding hydrogens is 297 g/mol. The van der Waals surface area contributed by atoms with Gasteiger partial charge in [-0.25, -0.2) is 13.4 Å². The molecule has 1 fully saturated rings. The highest BCUT2D eigenvalue weighted by molar-refractivity contribution is 9.10. The minimum absolute atomic E-state index is 0.192. The molecule has 6 heteroatoms. The Kier molecular flexibility index (Phi) is 3.30. The third kappa shape index (κ3) is 3.25. The standard InChI is InChI=1S/C10H11BrFNO2S/c11-8-3-4-10(12)13-9(8)6-16(14,15)5-7-1-2-7/h3-4,7H,1-2,5-6H2. The van der Waals surface area contributed by atoms with Crippen molar-refractivity contribution >= 4 is 25.8 Å². The van der Waals surface area contributed by atoms with Gasteiger partial charge in [0.05, 0.1) is 17.2 Å². The van der Waals surface area contributed by atoms with Crippen LogP contribution < -0.4 is 0 Å². The molecular formula is C10H11BrFNO2S. The fourth-order valence-corrected chi connectivity index (χ4v) is 3.82. The molecule has 0 atom stereocenters. The van der Waals surface area contributed by atoms with Crippen molar-refractivity contribution in [3.05, 3.63) is 28.2 Å². The fraction of sp³-hybridized carbons (Fsp3) is 0.500. The second-order valence-electron chi connectivity index (χ2n) is 4.06. The molecule has 0 N–H and O–H groups in total. The largest absolute Gasteiger partial charge is 0.228 e. The monoisotopic (exact) mass is 307 g/mol. The van der Waals surface area contributed by atoms with Gasteiger partial charge in [0, 0.05) is 4.47 Å². The molecule has 0 saturated heterocycles. The van der Waals surface area contributed by atoms with Crippen molar-refractivity contribution < 1.29 is 12.8 Å². The van der Waals surface area contributed by atoms with Crippen LogP contribution in [0.5, 0.6) is 0 Å². The van der Waals surface area contributed by atoms with Crippen molar-refractivity contribution in [1.82, 2.24) is 4.98 Å². The smallest absolute Gasteiger partial charge is 0.213 e. The minimum atomic E-state index is -3.17. The Labute approximate surface area is 102 Å². The number of rotatable bonds is 4. The van der Waals surface area contributed by atoms with Crippen LogP contribution in [-0.4, -0.2) is 19.2 Å². The summed E-state index contributed by atoms with van der Waals surface area (Å²) in [5, 5.41) is 0. The first-order chi connectivity index (χ1) is 7.46. The van der Waals surface area contributed by atoms with E-state index >= 15 is 0 Å². The first kappa shape index (κ1) is 12.0. The number of hydrogen-bond acceptors (Lipinski definition) is 3. The summed E-state index contributed by atoms with van der Waals surface area (Å²) < 4.78 is 36.9. The Bertz CT molecular complexity index is 500. The van der Waals surface area contributed by atoms with Crippen LogP contribution in [0.1, 0.15) is 18.5 Å². The zero-order chi connectivity index (χ0) is 11.8.